The molecule has 0 radical (unpaired) electrons. The van der Waals surface area contributed by atoms with E-state index in [1.165, 1.54) is 0 Å². The minimum atomic E-state index is 0.0472. The van der Waals surface area contributed by atoms with Gasteiger partial charge < -0.3 is 14.2 Å². The smallest absolute Gasteiger partial charge is 0.258 e. The van der Waals surface area contributed by atoms with E-state index in [-0.39, 0.29) is 11.9 Å². The van der Waals surface area contributed by atoms with Crippen LogP contribution in [-0.2, 0) is 6.42 Å². The Kier molecular flexibility index (Phi) is 3.36. The van der Waals surface area contributed by atoms with E-state index in [0.717, 1.165) is 54.1 Å². The molecule has 0 saturated carbocycles. The van der Waals surface area contributed by atoms with Crippen molar-refractivity contribution in [1.29, 1.82) is 0 Å². The number of fused-ring (bicyclic) bond motifs is 1. The fourth-order valence-corrected chi connectivity index (χ4v) is 3.81. The summed E-state index contributed by atoms with van der Waals surface area (Å²) < 4.78 is 11.0. The number of nitrogens with zero attached hydrogens (tertiary/aromatic N) is 2. The van der Waals surface area contributed by atoms with Gasteiger partial charge in [-0.2, -0.15) is 0 Å². The maximum Gasteiger partial charge on any atom is 0.258 e. The summed E-state index contributed by atoms with van der Waals surface area (Å²) in [5.41, 5.74) is 3.74. The summed E-state index contributed by atoms with van der Waals surface area (Å²) in [6.45, 7) is 5.28. The van der Waals surface area contributed by atoms with Gasteiger partial charge in [-0.25, -0.2) is 0 Å². The van der Waals surface area contributed by atoms with Crippen LogP contribution in [-0.4, -0.2) is 29.1 Å². The number of benzene rings is 1. The highest BCUT2D eigenvalue weighted by Crippen LogP contribution is 2.38. The molecule has 1 unspecified atom stereocenters. The van der Waals surface area contributed by atoms with Gasteiger partial charge in [-0.1, -0.05) is 17.3 Å². The average molecular weight is 312 g/mol. The first-order valence-corrected chi connectivity index (χ1v) is 8.15. The second kappa shape index (κ2) is 5.41. The number of hydrogen-bond donors (Lipinski definition) is 0. The fraction of sp³-hybridized carbons (Fsp3) is 0.444. The second-order valence-electron chi connectivity index (χ2n) is 6.29. The van der Waals surface area contributed by atoms with Crippen LogP contribution in [0.2, 0.25) is 0 Å². The van der Waals surface area contributed by atoms with Gasteiger partial charge in [-0.15, -0.1) is 0 Å². The normalized spacial score (nSPS) is 19.7. The Labute approximate surface area is 135 Å². The van der Waals surface area contributed by atoms with E-state index in [9.17, 15) is 4.79 Å². The number of carbonyl (C=O) groups is 1. The lowest BCUT2D eigenvalue weighted by atomic mass is 10.0. The zero-order chi connectivity index (χ0) is 16.0. The molecule has 0 spiro atoms. The van der Waals surface area contributed by atoms with E-state index < -0.39 is 0 Å². The number of likely N-dealkylation sites (tertiary alicyclic amines) is 1. The molecular formula is C18H20N2O3. The maximum atomic E-state index is 13.1. The zero-order valence-electron chi connectivity index (χ0n) is 13.5. The monoisotopic (exact) mass is 312 g/mol. The SMILES string of the molecule is Cc1noc(C)c1C1CCCN1C(=O)c1cccc2c1OCC2. The first-order chi connectivity index (χ1) is 11.2. The molecule has 0 aliphatic carbocycles. The van der Waals surface area contributed by atoms with Crippen molar-refractivity contribution in [2.75, 3.05) is 13.2 Å². The maximum absolute atomic E-state index is 13.1. The van der Waals surface area contributed by atoms with Gasteiger partial charge in [0.15, 0.2) is 0 Å². The summed E-state index contributed by atoms with van der Waals surface area (Å²) in [6, 6.07) is 5.90. The first kappa shape index (κ1) is 14.3. The molecule has 1 aromatic carbocycles. The molecule has 1 amide bonds. The molecule has 0 N–H and O–H groups in total. The van der Waals surface area contributed by atoms with Gasteiger partial charge in [-0.05, 0) is 38.3 Å². The Morgan fingerprint density at radius 2 is 2.22 bits per heavy atom. The van der Waals surface area contributed by atoms with E-state index in [2.05, 4.69) is 5.16 Å². The molecule has 4 rings (SSSR count). The predicted octanol–water partition coefficient (Wildman–Crippen LogP) is 3.20. The lowest BCUT2D eigenvalue weighted by Crippen LogP contribution is -2.31. The summed E-state index contributed by atoms with van der Waals surface area (Å²) in [5.74, 6) is 1.62. The fourth-order valence-electron chi connectivity index (χ4n) is 3.81. The number of carbonyl (C=O) groups excluding carboxylic acids is 1. The Bertz CT molecular complexity index is 746. The largest absolute Gasteiger partial charge is 0.492 e. The van der Waals surface area contributed by atoms with Crippen LogP contribution in [0.5, 0.6) is 5.75 Å². The van der Waals surface area contributed by atoms with Crippen molar-refractivity contribution in [3.05, 3.63) is 46.3 Å². The highest BCUT2D eigenvalue weighted by molar-refractivity contribution is 5.98. The topological polar surface area (TPSA) is 55.6 Å². The van der Waals surface area contributed by atoms with Gasteiger partial charge in [0.2, 0.25) is 0 Å². The van der Waals surface area contributed by atoms with Crippen molar-refractivity contribution >= 4 is 5.91 Å². The van der Waals surface area contributed by atoms with Crippen LogP contribution in [0.25, 0.3) is 0 Å². The molecule has 5 nitrogen and oxygen atoms in total. The molecule has 1 saturated heterocycles. The summed E-state index contributed by atoms with van der Waals surface area (Å²) in [4.78, 5) is 15.1. The van der Waals surface area contributed by atoms with Crippen LogP contribution in [0.15, 0.2) is 22.7 Å². The van der Waals surface area contributed by atoms with Gasteiger partial charge in [0.05, 0.1) is 23.9 Å². The highest BCUT2D eigenvalue weighted by atomic mass is 16.5. The molecular weight excluding hydrogens is 292 g/mol. The lowest BCUT2D eigenvalue weighted by molar-refractivity contribution is 0.0731. The molecule has 1 aromatic heterocycles. The Hall–Kier alpha value is -2.30. The molecule has 2 aromatic rings. The van der Waals surface area contributed by atoms with Crippen LogP contribution >= 0.6 is 0 Å². The van der Waals surface area contributed by atoms with E-state index >= 15 is 0 Å². The summed E-state index contributed by atoms with van der Waals surface area (Å²) >= 11 is 0. The Morgan fingerprint density at radius 3 is 3.00 bits per heavy atom. The van der Waals surface area contributed by atoms with Crippen LogP contribution < -0.4 is 4.74 Å². The Morgan fingerprint density at radius 1 is 1.35 bits per heavy atom. The van der Waals surface area contributed by atoms with E-state index in [0.29, 0.717) is 12.2 Å². The third-order valence-corrected chi connectivity index (χ3v) is 4.88. The molecule has 2 aliphatic heterocycles. The number of aryl methyl sites for hydroxylation is 2. The van der Waals surface area contributed by atoms with Crippen molar-refractivity contribution in [3.8, 4) is 5.75 Å². The zero-order valence-corrected chi connectivity index (χ0v) is 13.5. The van der Waals surface area contributed by atoms with E-state index in [1.54, 1.807) is 0 Å². The average Bonchev–Trinajstić information content (AvgIpc) is 3.26. The van der Waals surface area contributed by atoms with Crippen LogP contribution in [0, 0.1) is 13.8 Å². The number of rotatable bonds is 2. The van der Waals surface area contributed by atoms with Crippen molar-refractivity contribution < 1.29 is 14.1 Å². The third kappa shape index (κ3) is 2.22. The number of para-hydroxylation sites is 1. The molecule has 3 heterocycles. The molecule has 23 heavy (non-hydrogen) atoms. The van der Waals surface area contributed by atoms with Crippen molar-refractivity contribution in [2.45, 2.75) is 39.2 Å². The van der Waals surface area contributed by atoms with Crippen molar-refractivity contribution in [1.82, 2.24) is 10.1 Å². The quantitative estimate of drug-likeness (QED) is 0.854. The third-order valence-electron chi connectivity index (χ3n) is 4.88. The predicted molar refractivity (Wildman–Crippen MR) is 84.6 cm³/mol. The molecule has 1 fully saturated rings. The summed E-state index contributed by atoms with van der Waals surface area (Å²) in [5, 5.41) is 4.05. The number of amides is 1. The lowest BCUT2D eigenvalue weighted by Gasteiger charge is -2.25. The molecule has 5 heteroatoms. The van der Waals surface area contributed by atoms with Crippen molar-refractivity contribution in [2.24, 2.45) is 0 Å². The molecule has 0 bridgehead atoms. The number of hydrogen-bond acceptors (Lipinski definition) is 4. The van der Waals surface area contributed by atoms with Gasteiger partial charge in [0.1, 0.15) is 11.5 Å². The Balaban J connectivity index is 1.70. The molecule has 120 valence electrons. The van der Waals surface area contributed by atoms with Crippen molar-refractivity contribution in [3.63, 3.8) is 0 Å². The van der Waals surface area contributed by atoms with Crippen LogP contribution in [0.4, 0.5) is 0 Å². The molecule has 2 aliphatic rings. The second-order valence-corrected chi connectivity index (χ2v) is 6.29. The van der Waals surface area contributed by atoms with E-state index in [4.69, 9.17) is 9.26 Å². The summed E-state index contributed by atoms with van der Waals surface area (Å²) in [6.07, 6.45) is 2.82. The number of ether oxygens (including phenoxy) is 1. The first-order valence-electron chi connectivity index (χ1n) is 8.15. The van der Waals surface area contributed by atoms with Gasteiger partial charge >= 0.3 is 0 Å². The van der Waals surface area contributed by atoms with E-state index in [1.807, 2.05) is 36.9 Å². The minimum Gasteiger partial charge on any atom is -0.492 e. The standard InChI is InChI=1S/C18H20N2O3/c1-11-16(12(2)23-19-11)15-7-4-9-20(15)18(21)14-6-3-5-13-8-10-22-17(13)14/h3,5-6,15H,4,7-10H2,1-2H3. The van der Waals surface area contributed by atoms with Gasteiger partial charge in [0, 0.05) is 18.5 Å². The molecule has 1 atom stereocenters. The minimum absolute atomic E-state index is 0.0472. The number of aromatic nitrogens is 1. The van der Waals surface area contributed by atoms with Gasteiger partial charge in [0.25, 0.3) is 5.91 Å². The van der Waals surface area contributed by atoms with Crippen LogP contribution in [0.1, 0.15) is 51.8 Å². The summed E-state index contributed by atoms with van der Waals surface area (Å²) in [7, 11) is 0. The highest BCUT2D eigenvalue weighted by Gasteiger charge is 2.35. The van der Waals surface area contributed by atoms with Gasteiger partial charge in [-0.3, -0.25) is 4.79 Å². The van der Waals surface area contributed by atoms with Crippen LogP contribution in [0.3, 0.4) is 0 Å².